The first-order valence-corrected chi connectivity index (χ1v) is 19.1. The molecule has 0 bridgehead atoms. The summed E-state index contributed by atoms with van der Waals surface area (Å²) in [5.41, 5.74) is 12.4. The summed E-state index contributed by atoms with van der Waals surface area (Å²) in [7, 11) is 0. The number of nitriles is 1. The molecule has 0 atom stereocenters. The predicted molar refractivity (Wildman–Crippen MR) is 223 cm³/mol. The van der Waals surface area contributed by atoms with Crippen LogP contribution in [0, 0.1) is 11.3 Å². The first-order valence-electron chi connectivity index (χ1n) is 19.1. The highest BCUT2D eigenvalue weighted by Gasteiger charge is 2.39. The summed E-state index contributed by atoms with van der Waals surface area (Å²) in [6.45, 7) is 4.76. The lowest BCUT2D eigenvalue weighted by Crippen LogP contribution is -2.36. The van der Waals surface area contributed by atoms with Crippen LogP contribution in [0.2, 0.25) is 0 Å². The van der Waals surface area contributed by atoms with E-state index in [-0.39, 0.29) is 5.41 Å². The Hall–Kier alpha value is -6.84. The van der Waals surface area contributed by atoms with Crippen LogP contribution in [0.15, 0.2) is 163 Å². The second-order valence-electron chi connectivity index (χ2n) is 15.0. The molecule has 0 spiro atoms. The number of hydrogen-bond acceptors (Lipinski definition) is 5. The van der Waals surface area contributed by atoms with Crippen molar-refractivity contribution in [2.24, 2.45) is 0 Å². The van der Waals surface area contributed by atoms with E-state index in [0.29, 0.717) is 28.6 Å². The Morgan fingerprint density at radius 2 is 1.35 bits per heavy atom. The van der Waals surface area contributed by atoms with Crippen molar-refractivity contribution in [3.8, 4) is 45.9 Å². The van der Waals surface area contributed by atoms with Crippen molar-refractivity contribution in [2.75, 3.05) is 4.90 Å². The summed E-state index contributed by atoms with van der Waals surface area (Å²) in [6, 6.07) is 41.8. The third-order valence-electron chi connectivity index (χ3n) is 11.4. The first-order chi connectivity index (χ1) is 27.0. The van der Waals surface area contributed by atoms with Gasteiger partial charge in [-0.15, -0.1) is 0 Å². The van der Waals surface area contributed by atoms with Gasteiger partial charge in [-0.3, -0.25) is 0 Å². The molecular formula is C49H38N6. The van der Waals surface area contributed by atoms with E-state index >= 15 is 0 Å². The Labute approximate surface area is 320 Å². The van der Waals surface area contributed by atoms with E-state index in [9.17, 15) is 5.26 Å². The smallest absolute Gasteiger partial charge is 0.165 e. The molecule has 1 aliphatic heterocycles. The second kappa shape index (κ2) is 12.9. The van der Waals surface area contributed by atoms with Gasteiger partial charge in [0.1, 0.15) is 0 Å². The number of aromatic nitrogens is 4. The van der Waals surface area contributed by atoms with Crippen molar-refractivity contribution in [1.29, 1.82) is 5.26 Å². The topological polar surface area (TPSA) is 70.6 Å². The first kappa shape index (κ1) is 32.8. The number of rotatable bonds is 5. The zero-order valence-electron chi connectivity index (χ0n) is 30.9. The molecule has 3 heterocycles. The van der Waals surface area contributed by atoms with Gasteiger partial charge < -0.3 is 9.47 Å². The summed E-state index contributed by atoms with van der Waals surface area (Å²) in [5.74, 6) is 1.59. The van der Waals surface area contributed by atoms with Crippen LogP contribution in [-0.4, -0.2) is 19.5 Å². The van der Waals surface area contributed by atoms with Gasteiger partial charge in [-0.05, 0) is 85.4 Å². The summed E-state index contributed by atoms with van der Waals surface area (Å²) >= 11 is 0. The monoisotopic (exact) mass is 710 g/mol. The largest absolute Gasteiger partial charge is 0.311 e. The number of nitrogens with zero attached hydrogens (tertiary/aromatic N) is 6. The Morgan fingerprint density at radius 1 is 0.655 bits per heavy atom. The number of fused-ring (bicyclic) bond motifs is 4. The van der Waals surface area contributed by atoms with Crippen molar-refractivity contribution in [1.82, 2.24) is 19.5 Å². The number of benzene rings is 5. The maximum atomic E-state index is 10.7. The molecular weight excluding hydrogens is 673 g/mol. The minimum Gasteiger partial charge on any atom is -0.311 e. The Bertz CT molecular complexity index is 2790. The number of para-hydroxylation sites is 1. The van der Waals surface area contributed by atoms with Crippen LogP contribution in [0.3, 0.4) is 0 Å². The molecule has 2 aliphatic carbocycles. The van der Waals surface area contributed by atoms with Gasteiger partial charge in [0.25, 0.3) is 0 Å². The third kappa shape index (κ3) is 5.34. The standard InChI is InChI=1S/C49H38N6/c1-49(2)40-23-13-15-25-43(40)54(35-20-10-5-11-21-35)45-29-39-38-22-12-14-24-42(38)55(44(39)30-41(45)49)36-26-27-37(34(28-36)31-50)48-52-46(32-16-6-3-7-17-32)51-47(53-48)33-18-8-4-9-19-33/h3-4,6-10,12,14-22,24-30H,5,11,13,23H2,1-2H3. The maximum absolute atomic E-state index is 10.7. The van der Waals surface area contributed by atoms with Gasteiger partial charge in [-0.2, -0.15) is 5.26 Å². The van der Waals surface area contributed by atoms with Gasteiger partial charge in [-0.25, -0.2) is 15.0 Å². The summed E-state index contributed by atoms with van der Waals surface area (Å²) in [5, 5.41) is 13.1. The van der Waals surface area contributed by atoms with Gasteiger partial charge >= 0.3 is 0 Å². The SMILES string of the molecule is CC1(C)C2=C(C=CCC2)N(C2=CCCC=C2)c2cc3c4ccccc4n(-c4ccc(-c5nc(-c6ccccc6)nc(-c6ccccc6)n5)c(C#N)c4)c3cc21. The fraction of sp³-hybridized carbons (Fsp3) is 0.143. The van der Waals surface area contributed by atoms with Crippen LogP contribution in [0.5, 0.6) is 0 Å². The van der Waals surface area contributed by atoms with Gasteiger partial charge in [0.2, 0.25) is 0 Å². The number of hydrogen-bond donors (Lipinski definition) is 0. The Balaban J connectivity index is 1.17. The normalized spacial score (nSPS) is 15.9. The predicted octanol–water partition coefficient (Wildman–Crippen LogP) is 11.8. The molecule has 0 radical (unpaired) electrons. The lowest BCUT2D eigenvalue weighted by atomic mass is 9.70. The van der Waals surface area contributed by atoms with E-state index in [1.54, 1.807) is 0 Å². The van der Waals surface area contributed by atoms with E-state index in [4.69, 9.17) is 15.0 Å². The fourth-order valence-electron chi connectivity index (χ4n) is 8.68. The highest BCUT2D eigenvalue weighted by molar-refractivity contribution is 6.11. The summed E-state index contributed by atoms with van der Waals surface area (Å²) in [6.07, 6.45) is 15.8. The molecule has 0 fully saturated rings. The number of allylic oxidation sites excluding steroid dienone is 6. The molecule has 6 heteroatoms. The van der Waals surface area contributed by atoms with Crippen molar-refractivity contribution in [2.45, 2.75) is 44.9 Å². The molecule has 0 saturated carbocycles. The van der Waals surface area contributed by atoms with Crippen LogP contribution >= 0.6 is 0 Å². The average Bonchev–Trinajstić information content (AvgIpc) is 3.57. The molecule has 0 unspecified atom stereocenters. The molecule has 264 valence electrons. The van der Waals surface area contributed by atoms with Crippen molar-refractivity contribution >= 4 is 27.5 Å². The van der Waals surface area contributed by atoms with E-state index < -0.39 is 0 Å². The molecule has 10 rings (SSSR count). The van der Waals surface area contributed by atoms with Crippen molar-refractivity contribution in [3.05, 3.63) is 174 Å². The van der Waals surface area contributed by atoms with Crippen LogP contribution in [0.25, 0.3) is 61.7 Å². The van der Waals surface area contributed by atoms with Crippen LogP contribution in [0.1, 0.15) is 50.7 Å². The molecule has 0 saturated heterocycles. The van der Waals surface area contributed by atoms with Crippen LogP contribution < -0.4 is 4.90 Å². The Kier molecular flexibility index (Phi) is 7.71. The van der Waals surface area contributed by atoms with Crippen LogP contribution in [-0.2, 0) is 5.41 Å². The molecule has 0 N–H and O–H groups in total. The highest BCUT2D eigenvalue weighted by Crippen LogP contribution is 2.52. The second-order valence-corrected chi connectivity index (χ2v) is 15.0. The third-order valence-corrected chi connectivity index (χ3v) is 11.4. The van der Waals surface area contributed by atoms with E-state index in [1.807, 2.05) is 72.8 Å². The van der Waals surface area contributed by atoms with Gasteiger partial charge in [0.05, 0.1) is 28.4 Å². The molecule has 0 amide bonds. The quantitative estimate of drug-likeness (QED) is 0.178. The molecule has 3 aliphatic rings. The van der Waals surface area contributed by atoms with E-state index in [2.05, 4.69) is 102 Å². The van der Waals surface area contributed by atoms with E-state index in [0.717, 1.165) is 53.5 Å². The molecule has 7 aromatic rings. The highest BCUT2D eigenvalue weighted by atomic mass is 15.2. The van der Waals surface area contributed by atoms with E-state index in [1.165, 1.54) is 39.0 Å². The van der Waals surface area contributed by atoms with Gasteiger partial charge in [0, 0.05) is 50.0 Å². The van der Waals surface area contributed by atoms with Crippen LogP contribution in [0.4, 0.5) is 5.69 Å². The van der Waals surface area contributed by atoms with Gasteiger partial charge in [0.15, 0.2) is 17.5 Å². The van der Waals surface area contributed by atoms with Crippen molar-refractivity contribution in [3.63, 3.8) is 0 Å². The zero-order valence-corrected chi connectivity index (χ0v) is 30.9. The number of anilines is 1. The van der Waals surface area contributed by atoms with Gasteiger partial charge in [-0.1, -0.05) is 111 Å². The Morgan fingerprint density at radius 3 is 2.05 bits per heavy atom. The lowest BCUT2D eigenvalue weighted by Gasteiger charge is -2.45. The fourth-order valence-corrected chi connectivity index (χ4v) is 8.68. The minimum absolute atomic E-state index is 0.173. The molecule has 6 nitrogen and oxygen atoms in total. The lowest BCUT2D eigenvalue weighted by molar-refractivity contribution is 0.569. The molecule has 55 heavy (non-hydrogen) atoms. The van der Waals surface area contributed by atoms with Crippen molar-refractivity contribution < 1.29 is 0 Å². The molecule has 2 aromatic heterocycles. The average molecular weight is 711 g/mol. The summed E-state index contributed by atoms with van der Waals surface area (Å²) in [4.78, 5) is 17.2. The maximum Gasteiger partial charge on any atom is 0.165 e. The zero-order chi connectivity index (χ0) is 37.1. The minimum atomic E-state index is -0.173. The molecule has 5 aromatic carbocycles. The summed E-state index contributed by atoms with van der Waals surface area (Å²) < 4.78 is 2.32.